The highest BCUT2D eigenvalue weighted by Gasteiger charge is 2.25. The fraction of sp³-hybridized carbons (Fsp3) is 0.412. The molecule has 1 aliphatic rings. The molecule has 1 aliphatic heterocycles. The van der Waals surface area contributed by atoms with Crippen LogP contribution in [0.5, 0.6) is 0 Å². The van der Waals surface area contributed by atoms with Crippen LogP contribution < -0.4 is 5.32 Å². The van der Waals surface area contributed by atoms with Crippen molar-refractivity contribution in [2.45, 2.75) is 25.3 Å². The molecule has 2 heterocycles. The lowest BCUT2D eigenvalue weighted by Gasteiger charge is -2.34. The summed E-state index contributed by atoms with van der Waals surface area (Å²) in [7, 11) is 0. The lowest BCUT2D eigenvalue weighted by atomic mass is 10.1. The number of likely N-dealkylation sites (tertiary alicyclic amines) is 1. The highest BCUT2D eigenvalue weighted by Crippen LogP contribution is 2.27. The van der Waals surface area contributed by atoms with E-state index in [0.29, 0.717) is 6.54 Å². The number of thiazole rings is 1. The topological polar surface area (TPSA) is 45.2 Å². The zero-order valence-electron chi connectivity index (χ0n) is 13.2. The van der Waals surface area contributed by atoms with Gasteiger partial charge in [0.25, 0.3) is 5.91 Å². The Morgan fingerprint density at radius 3 is 2.83 bits per heavy atom. The minimum absolute atomic E-state index is 0.0623. The molecular formula is C17H19ClFN3OS. The molecule has 2 aromatic rings. The maximum absolute atomic E-state index is 13.9. The van der Waals surface area contributed by atoms with Gasteiger partial charge in [0, 0.05) is 17.6 Å². The molecule has 0 saturated carbocycles. The molecule has 0 radical (unpaired) electrons. The van der Waals surface area contributed by atoms with Crippen molar-refractivity contribution in [2.75, 3.05) is 19.6 Å². The van der Waals surface area contributed by atoms with Gasteiger partial charge in [-0.3, -0.25) is 14.7 Å². The molecule has 1 fully saturated rings. The molecule has 4 nitrogen and oxygen atoms in total. The van der Waals surface area contributed by atoms with Crippen molar-refractivity contribution in [1.29, 1.82) is 0 Å². The van der Waals surface area contributed by atoms with Crippen LogP contribution in [0.4, 0.5) is 4.39 Å². The van der Waals surface area contributed by atoms with Gasteiger partial charge in [-0.2, -0.15) is 0 Å². The van der Waals surface area contributed by atoms with Gasteiger partial charge in [0.1, 0.15) is 5.82 Å². The third-order valence-corrected chi connectivity index (χ3v) is 5.45. The molecule has 1 N–H and O–H groups in total. The smallest absolute Gasteiger partial charge is 0.255 e. The average molecular weight is 368 g/mol. The first-order chi connectivity index (χ1) is 11.7. The third-order valence-electron chi connectivity index (χ3n) is 4.26. The molecule has 128 valence electrons. The van der Waals surface area contributed by atoms with Crippen molar-refractivity contribution in [1.82, 2.24) is 15.2 Å². The average Bonchev–Trinajstić information content (AvgIpc) is 3.10. The SMILES string of the molecule is O=C(NCC(c1cncs1)N1CCCCC1)c1c(F)cccc1Cl. The van der Waals surface area contributed by atoms with Crippen molar-refractivity contribution in [3.63, 3.8) is 0 Å². The first-order valence-electron chi connectivity index (χ1n) is 8.01. The lowest BCUT2D eigenvalue weighted by molar-refractivity contribution is 0.0921. The highest BCUT2D eigenvalue weighted by atomic mass is 35.5. The minimum atomic E-state index is -0.604. The molecule has 0 aliphatic carbocycles. The fourth-order valence-corrected chi connectivity index (χ4v) is 4.03. The molecule has 1 aromatic carbocycles. The van der Waals surface area contributed by atoms with Crippen LogP contribution in [0.3, 0.4) is 0 Å². The molecule has 0 spiro atoms. The fourth-order valence-electron chi connectivity index (χ4n) is 3.02. The minimum Gasteiger partial charge on any atom is -0.350 e. The summed E-state index contributed by atoms with van der Waals surface area (Å²) in [6.07, 6.45) is 5.39. The van der Waals surface area contributed by atoms with E-state index in [9.17, 15) is 9.18 Å². The largest absolute Gasteiger partial charge is 0.350 e. The number of carbonyl (C=O) groups excluding carboxylic acids is 1. The van der Waals surface area contributed by atoms with Crippen LogP contribution in [0.25, 0.3) is 0 Å². The number of hydrogen-bond acceptors (Lipinski definition) is 4. The Morgan fingerprint density at radius 2 is 2.17 bits per heavy atom. The molecule has 1 aromatic heterocycles. The predicted molar refractivity (Wildman–Crippen MR) is 94.0 cm³/mol. The summed E-state index contributed by atoms with van der Waals surface area (Å²) in [4.78, 5) is 20.0. The molecule has 24 heavy (non-hydrogen) atoms. The van der Waals surface area contributed by atoms with Crippen LogP contribution in [0, 0.1) is 5.82 Å². The summed E-state index contributed by atoms with van der Waals surface area (Å²) in [6.45, 7) is 2.41. The second-order valence-corrected chi connectivity index (χ2v) is 7.15. The normalized spacial score (nSPS) is 16.8. The number of carbonyl (C=O) groups is 1. The molecule has 7 heteroatoms. The van der Waals surface area contributed by atoms with Crippen LogP contribution in [0.1, 0.15) is 40.5 Å². The predicted octanol–water partition coefficient (Wildman–Crippen LogP) is 3.89. The summed E-state index contributed by atoms with van der Waals surface area (Å²) in [6, 6.07) is 4.31. The van der Waals surface area contributed by atoms with Crippen LogP contribution in [-0.4, -0.2) is 35.4 Å². The highest BCUT2D eigenvalue weighted by molar-refractivity contribution is 7.09. The van der Waals surface area contributed by atoms with Gasteiger partial charge in [-0.1, -0.05) is 24.1 Å². The number of nitrogens with one attached hydrogen (secondary N) is 1. The Hall–Kier alpha value is -1.50. The first kappa shape index (κ1) is 17.3. The maximum atomic E-state index is 13.9. The number of hydrogen-bond donors (Lipinski definition) is 1. The van der Waals surface area contributed by atoms with Crippen LogP contribution in [0.15, 0.2) is 29.9 Å². The summed E-state index contributed by atoms with van der Waals surface area (Å²) < 4.78 is 13.9. The van der Waals surface area contributed by atoms with Gasteiger partial charge in [0.2, 0.25) is 0 Å². The number of aromatic nitrogens is 1. The molecule has 0 bridgehead atoms. The Bertz CT molecular complexity index is 669. The van der Waals surface area contributed by atoms with Gasteiger partial charge in [-0.05, 0) is 38.1 Å². The molecule has 1 saturated heterocycles. The van der Waals surface area contributed by atoms with E-state index in [1.165, 1.54) is 24.6 Å². The van der Waals surface area contributed by atoms with E-state index in [1.807, 2.05) is 6.20 Å². The Kier molecular flexibility index (Phi) is 5.81. The van der Waals surface area contributed by atoms with Gasteiger partial charge in [0.15, 0.2) is 0 Å². The zero-order chi connectivity index (χ0) is 16.9. The van der Waals surface area contributed by atoms with E-state index in [-0.39, 0.29) is 16.6 Å². The number of nitrogens with zero attached hydrogens (tertiary/aromatic N) is 2. The van der Waals surface area contributed by atoms with E-state index >= 15 is 0 Å². The van der Waals surface area contributed by atoms with Crippen molar-refractivity contribution in [3.8, 4) is 0 Å². The van der Waals surface area contributed by atoms with Crippen molar-refractivity contribution >= 4 is 28.8 Å². The Morgan fingerprint density at radius 1 is 1.38 bits per heavy atom. The molecule has 1 amide bonds. The summed E-state index contributed by atoms with van der Waals surface area (Å²) in [5.74, 6) is -1.09. The van der Waals surface area contributed by atoms with Gasteiger partial charge in [-0.15, -0.1) is 11.3 Å². The monoisotopic (exact) mass is 367 g/mol. The molecular weight excluding hydrogens is 349 g/mol. The van der Waals surface area contributed by atoms with Gasteiger partial charge >= 0.3 is 0 Å². The van der Waals surface area contributed by atoms with Gasteiger partial charge in [0.05, 0.1) is 22.1 Å². The van der Waals surface area contributed by atoms with Crippen molar-refractivity contribution in [2.24, 2.45) is 0 Å². The zero-order valence-corrected chi connectivity index (χ0v) is 14.7. The number of rotatable bonds is 5. The number of amides is 1. The van der Waals surface area contributed by atoms with E-state index in [0.717, 1.165) is 30.8 Å². The van der Waals surface area contributed by atoms with Crippen LogP contribution in [-0.2, 0) is 0 Å². The van der Waals surface area contributed by atoms with Crippen LogP contribution in [0.2, 0.25) is 5.02 Å². The van der Waals surface area contributed by atoms with E-state index in [1.54, 1.807) is 16.8 Å². The standard InChI is InChI=1S/C17H19ClFN3OS/c18-12-5-4-6-13(19)16(12)17(23)21-9-14(15-10-20-11-24-15)22-7-2-1-3-8-22/h4-6,10-11,14H,1-3,7-9H2,(H,21,23). The number of benzene rings is 1. The van der Waals surface area contributed by atoms with Gasteiger partial charge < -0.3 is 5.32 Å². The van der Waals surface area contributed by atoms with Crippen molar-refractivity contribution < 1.29 is 9.18 Å². The Balaban J connectivity index is 1.72. The maximum Gasteiger partial charge on any atom is 0.255 e. The van der Waals surface area contributed by atoms with E-state index in [4.69, 9.17) is 11.6 Å². The van der Waals surface area contributed by atoms with Crippen molar-refractivity contribution in [3.05, 3.63) is 51.2 Å². The molecule has 3 rings (SSSR count). The molecule has 1 unspecified atom stereocenters. The number of halogens is 2. The second kappa shape index (κ2) is 8.05. The number of piperidine rings is 1. The first-order valence-corrected chi connectivity index (χ1v) is 9.27. The summed E-state index contributed by atoms with van der Waals surface area (Å²) >= 11 is 7.54. The summed E-state index contributed by atoms with van der Waals surface area (Å²) in [5.41, 5.74) is 1.70. The summed E-state index contributed by atoms with van der Waals surface area (Å²) in [5, 5.41) is 2.96. The molecule has 1 atom stereocenters. The van der Waals surface area contributed by atoms with E-state index in [2.05, 4.69) is 15.2 Å². The second-order valence-electron chi connectivity index (χ2n) is 5.82. The third kappa shape index (κ3) is 3.94. The Labute approximate surface area is 149 Å². The lowest BCUT2D eigenvalue weighted by Crippen LogP contribution is -2.40. The quantitative estimate of drug-likeness (QED) is 0.871. The van der Waals surface area contributed by atoms with Crippen LogP contribution >= 0.6 is 22.9 Å². The van der Waals surface area contributed by atoms with E-state index < -0.39 is 11.7 Å². The van der Waals surface area contributed by atoms with Gasteiger partial charge in [-0.25, -0.2) is 4.39 Å².